The minimum atomic E-state index is -0.928. The average molecular weight is 303 g/mol. The van der Waals surface area contributed by atoms with Crippen LogP contribution in [-0.2, 0) is 0 Å². The van der Waals surface area contributed by atoms with Crippen molar-refractivity contribution in [3.05, 3.63) is 47.3 Å². The average Bonchev–Trinajstić information content (AvgIpc) is 2.85. The number of aliphatic hydroxyl groups excluding tert-OH is 2. The molecule has 2 rings (SSSR count). The van der Waals surface area contributed by atoms with Crippen molar-refractivity contribution >= 4 is 5.91 Å². The molecule has 0 aliphatic heterocycles. The Morgan fingerprint density at radius 1 is 1.32 bits per heavy atom. The minimum absolute atomic E-state index is 0.0918. The first-order chi connectivity index (χ1) is 10.4. The monoisotopic (exact) mass is 303 g/mol. The Morgan fingerprint density at radius 3 is 2.45 bits per heavy atom. The summed E-state index contributed by atoms with van der Waals surface area (Å²) in [6.07, 6.45) is -0.928. The maximum atomic E-state index is 12.2. The lowest BCUT2D eigenvalue weighted by Gasteiger charge is -2.19. The number of aryl methyl sites for hydroxylation is 2. The van der Waals surface area contributed by atoms with Gasteiger partial charge in [-0.1, -0.05) is 0 Å². The van der Waals surface area contributed by atoms with Crippen molar-refractivity contribution in [2.75, 3.05) is 20.2 Å². The van der Waals surface area contributed by atoms with Crippen LogP contribution in [0.5, 0.6) is 0 Å². The molecule has 2 N–H and O–H groups in total. The van der Waals surface area contributed by atoms with Crippen LogP contribution in [0.1, 0.15) is 21.7 Å². The van der Waals surface area contributed by atoms with E-state index in [1.807, 2.05) is 36.7 Å². The molecule has 2 aromatic rings. The molecule has 0 aliphatic carbocycles. The van der Waals surface area contributed by atoms with Crippen molar-refractivity contribution in [1.29, 1.82) is 0 Å². The fourth-order valence-electron chi connectivity index (χ4n) is 2.31. The van der Waals surface area contributed by atoms with Crippen LogP contribution in [0, 0.1) is 13.8 Å². The van der Waals surface area contributed by atoms with Crippen LogP contribution < -0.4 is 0 Å². The summed E-state index contributed by atoms with van der Waals surface area (Å²) in [4.78, 5) is 13.6. The van der Waals surface area contributed by atoms with Gasteiger partial charge in [0.05, 0.1) is 24.1 Å². The third kappa shape index (κ3) is 3.52. The molecule has 0 unspecified atom stereocenters. The second-order valence-electron chi connectivity index (χ2n) is 5.41. The first kappa shape index (κ1) is 16.2. The van der Waals surface area contributed by atoms with Crippen LogP contribution in [0.4, 0.5) is 0 Å². The van der Waals surface area contributed by atoms with Gasteiger partial charge in [-0.15, -0.1) is 0 Å². The van der Waals surface area contributed by atoms with Gasteiger partial charge in [-0.05, 0) is 44.2 Å². The number of aromatic nitrogens is 2. The molecule has 1 heterocycles. The number of benzene rings is 1. The predicted octanol–water partition coefficient (Wildman–Crippen LogP) is 0.914. The van der Waals surface area contributed by atoms with Crippen LogP contribution in [0.3, 0.4) is 0 Å². The second kappa shape index (κ2) is 6.72. The van der Waals surface area contributed by atoms with Crippen LogP contribution in [-0.4, -0.2) is 57.1 Å². The lowest BCUT2D eigenvalue weighted by Crippen LogP contribution is -2.35. The summed E-state index contributed by atoms with van der Waals surface area (Å²) in [6.45, 7) is 3.63. The van der Waals surface area contributed by atoms with Crippen molar-refractivity contribution in [3.63, 3.8) is 0 Å². The van der Waals surface area contributed by atoms with Gasteiger partial charge in [-0.3, -0.25) is 4.79 Å². The van der Waals surface area contributed by atoms with Gasteiger partial charge in [-0.2, -0.15) is 5.10 Å². The van der Waals surface area contributed by atoms with Crippen LogP contribution in [0.15, 0.2) is 30.3 Å². The summed E-state index contributed by atoms with van der Waals surface area (Å²) in [7, 11) is 1.59. The van der Waals surface area contributed by atoms with Gasteiger partial charge in [0, 0.05) is 24.8 Å². The zero-order valence-corrected chi connectivity index (χ0v) is 13.0. The highest BCUT2D eigenvalue weighted by atomic mass is 16.3. The van der Waals surface area contributed by atoms with Gasteiger partial charge < -0.3 is 15.1 Å². The first-order valence-corrected chi connectivity index (χ1v) is 7.10. The normalized spacial score (nSPS) is 12.2. The number of carbonyl (C=O) groups is 1. The number of rotatable bonds is 5. The molecule has 118 valence electrons. The quantitative estimate of drug-likeness (QED) is 0.861. The van der Waals surface area contributed by atoms with E-state index < -0.39 is 6.10 Å². The van der Waals surface area contributed by atoms with Gasteiger partial charge in [-0.25, -0.2) is 4.68 Å². The van der Waals surface area contributed by atoms with Crippen molar-refractivity contribution in [2.45, 2.75) is 20.0 Å². The molecule has 0 bridgehead atoms. The molecule has 1 aromatic heterocycles. The number of aliphatic hydroxyl groups is 2. The molecule has 6 heteroatoms. The number of hydrogen-bond acceptors (Lipinski definition) is 4. The maximum absolute atomic E-state index is 12.2. The third-order valence-electron chi connectivity index (χ3n) is 3.41. The Morgan fingerprint density at radius 2 is 1.95 bits per heavy atom. The maximum Gasteiger partial charge on any atom is 0.253 e. The summed E-state index contributed by atoms with van der Waals surface area (Å²) in [6, 6.07) is 9.13. The molecular formula is C16H21N3O3. The smallest absolute Gasteiger partial charge is 0.253 e. The van der Waals surface area contributed by atoms with E-state index in [1.165, 1.54) is 4.90 Å². The van der Waals surface area contributed by atoms with Gasteiger partial charge in [0.1, 0.15) is 0 Å². The van der Waals surface area contributed by atoms with Crippen molar-refractivity contribution in [2.24, 2.45) is 0 Å². The standard InChI is InChI=1S/C16H21N3O3/c1-11-8-12(2)19(17-11)14-6-4-13(5-7-14)16(22)18(3)9-15(21)10-20/h4-8,15,20-21H,9-10H2,1-3H3/t15-/m1/s1. The lowest BCUT2D eigenvalue weighted by atomic mass is 10.1. The van der Waals surface area contributed by atoms with Gasteiger partial charge >= 0.3 is 0 Å². The Bertz CT molecular complexity index is 649. The Kier molecular flexibility index (Phi) is 4.95. The van der Waals surface area contributed by atoms with E-state index in [1.54, 1.807) is 19.2 Å². The van der Waals surface area contributed by atoms with E-state index in [4.69, 9.17) is 5.11 Å². The number of likely N-dealkylation sites (N-methyl/N-ethyl adjacent to an activating group) is 1. The van der Waals surface area contributed by atoms with Crippen molar-refractivity contribution in [3.8, 4) is 5.69 Å². The van der Waals surface area contributed by atoms with E-state index >= 15 is 0 Å². The molecular weight excluding hydrogens is 282 g/mol. The molecule has 0 radical (unpaired) electrons. The fraction of sp³-hybridized carbons (Fsp3) is 0.375. The Balaban J connectivity index is 2.15. The summed E-state index contributed by atoms with van der Waals surface area (Å²) in [5, 5.41) is 22.6. The first-order valence-electron chi connectivity index (χ1n) is 7.10. The number of amides is 1. The SMILES string of the molecule is Cc1cc(C)n(-c2ccc(C(=O)N(C)C[C@@H](O)CO)cc2)n1. The van der Waals surface area contributed by atoms with Crippen molar-refractivity contribution < 1.29 is 15.0 Å². The summed E-state index contributed by atoms with van der Waals surface area (Å²) >= 11 is 0. The molecule has 0 aliphatic rings. The molecule has 1 amide bonds. The highest BCUT2D eigenvalue weighted by molar-refractivity contribution is 5.94. The highest BCUT2D eigenvalue weighted by Gasteiger charge is 2.15. The highest BCUT2D eigenvalue weighted by Crippen LogP contribution is 2.14. The topological polar surface area (TPSA) is 78.6 Å². The number of hydrogen-bond donors (Lipinski definition) is 2. The molecule has 22 heavy (non-hydrogen) atoms. The van der Waals surface area contributed by atoms with E-state index in [9.17, 15) is 9.90 Å². The second-order valence-corrected chi connectivity index (χ2v) is 5.41. The molecule has 1 atom stereocenters. The molecule has 0 saturated carbocycles. The minimum Gasteiger partial charge on any atom is -0.394 e. The van der Waals surface area contributed by atoms with Gasteiger partial charge in [0.15, 0.2) is 0 Å². The van der Waals surface area contributed by atoms with E-state index in [0.717, 1.165) is 17.1 Å². The predicted molar refractivity (Wildman–Crippen MR) is 83.1 cm³/mol. The molecule has 1 aromatic carbocycles. The molecule has 0 fully saturated rings. The van der Waals surface area contributed by atoms with E-state index in [0.29, 0.717) is 5.56 Å². The fourth-order valence-corrected chi connectivity index (χ4v) is 2.31. The summed E-state index contributed by atoms with van der Waals surface area (Å²) < 4.78 is 1.82. The molecule has 0 saturated heterocycles. The van der Waals surface area contributed by atoms with Crippen molar-refractivity contribution in [1.82, 2.24) is 14.7 Å². The van der Waals surface area contributed by atoms with Gasteiger partial charge in [0.2, 0.25) is 0 Å². The van der Waals surface area contributed by atoms with Gasteiger partial charge in [0.25, 0.3) is 5.91 Å². The zero-order valence-electron chi connectivity index (χ0n) is 13.0. The van der Waals surface area contributed by atoms with E-state index in [-0.39, 0.29) is 19.1 Å². The Labute approximate surface area is 129 Å². The number of carbonyl (C=O) groups excluding carboxylic acids is 1. The largest absolute Gasteiger partial charge is 0.394 e. The Hall–Kier alpha value is -2.18. The lowest BCUT2D eigenvalue weighted by molar-refractivity contribution is 0.0520. The van der Waals surface area contributed by atoms with Crippen LogP contribution in [0.2, 0.25) is 0 Å². The molecule has 6 nitrogen and oxygen atoms in total. The van der Waals surface area contributed by atoms with Crippen LogP contribution >= 0.6 is 0 Å². The summed E-state index contributed by atoms with van der Waals surface area (Å²) in [5.41, 5.74) is 3.38. The molecule has 0 spiro atoms. The summed E-state index contributed by atoms with van der Waals surface area (Å²) in [5.74, 6) is -0.201. The third-order valence-corrected chi connectivity index (χ3v) is 3.41. The van der Waals surface area contributed by atoms with Crippen LogP contribution in [0.25, 0.3) is 5.69 Å². The van der Waals surface area contributed by atoms with E-state index in [2.05, 4.69) is 5.10 Å². The zero-order chi connectivity index (χ0) is 16.3. The number of nitrogens with zero attached hydrogens (tertiary/aromatic N) is 3.